The number of ether oxygens (including phenoxy) is 1. The minimum atomic E-state index is -0.0192. The molecule has 0 radical (unpaired) electrons. The van der Waals surface area contributed by atoms with Gasteiger partial charge in [0.15, 0.2) is 0 Å². The van der Waals surface area contributed by atoms with E-state index in [1.807, 2.05) is 18.3 Å². The molecule has 1 fully saturated rings. The van der Waals surface area contributed by atoms with Crippen molar-refractivity contribution in [2.24, 2.45) is 0 Å². The zero-order valence-corrected chi connectivity index (χ0v) is 14.0. The first kappa shape index (κ1) is 17.7. The average molecular weight is 321 g/mol. The van der Waals surface area contributed by atoms with Gasteiger partial charge in [-0.05, 0) is 13.1 Å². The van der Waals surface area contributed by atoms with Gasteiger partial charge in [0.2, 0.25) is 5.91 Å². The highest BCUT2D eigenvalue weighted by atomic mass is 16.5. The van der Waals surface area contributed by atoms with E-state index in [0.29, 0.717) is 26.2 Å². The first-order valence-corrected chi connectivity index (χ1v) is 8.04. The number of piperazine rings is 1. The number of amides is 1. The summed E-state index contributed by atoms with van der Waals surface area (Å²) in [6.45, 7) is 6.07. The van der Waals surface area contributed by atoms with Gasteiger partial charge in [-0.1, -0.05) is 6.07 Å². The molecule has 0 atom stereocenters. The average Bonchev–Trinajstić information content (AvgIpc) is 2.58. The van der Waals surface area contributed by atoms with Gasteiger partial charge in [0.1, 0.15) is 5.82 Å². The van der Waals surface area contributed by atoms with Crippen LogP contribution in [0.5, 0.6) is 0 Å². The number of anilines is 1. The zero-order valence-electron chi connectivity index (χ0n) is 14.0. The smallest absolute Gasteiger partial charge is 0.234 e. The van der Waals surface area contributed by atoms with Crippen LogP contribution in [0.4, 0.5) is 5.82 Å². The Balaban J connectivity index is 1.84. The summed E-state index contributed by atoms with van der Waals surface area (Å²) < 4.78 is 4.93. The lowest BCUT2D eigenvalue weighted by Crippen LogP contribution is -2.45. The molecule has 23 heavy (non-hydrogen) atoms. The van der Waals surface area contributed by atoms with Crippen molar-refractivity contribution in [2.75, 3.05) is 64.9 Å². The monoisotopic (exact) mass is 321 g/mol. The molecule has 2 heterocycles. The number of pyridine rings is 1. The molecule has 1 aromatic heterocycles. The number of methoxy groups -OCH3 is 1. The zero-order chi connectivity index (χ0) is 16.5. The van der Waals surface area contributed by atoms with Gasteiger partial charge >= 0.3 is 0 Å². The van der Waals surface area contributed by atoms with Gasteiger partial charge in [0, 0.05) is 58.1 Å². The molecule has 0 spiro atoms. The number of nitrogens with one attached hydrogen (secondary N) is 2. The maximum Gasteiger partial charge on any atom is 0.234 e. The molecule has 7 heteroatoms. The first-order chi connectivity index (χ1) is 11.2. The van der Waals surface area contributed by atoms with E-state index in [1.54, 1.807) is 7.11 Å². The van der Waals surface area contributed by atoms with E-state index < -0.39 is 0 Å². The SMILES string of the molecule is COCCNCC(=O)NCc1cccnc1N1CCN(C)CC1. The van der Waals surface area contributed by atoms with Crippen molar-refractivity contribution in [1.82, 2.24) is 20.5 Å². The predicted molar refractivity (Wildman–Crippen MR) is 90.5 cm³/mol. The first-order valence-electron chi connectivity index (χ1n) is 8.04. The second kappa shape index (κ2) is 9.44. The summed E-state index contributed by atoms with van der Waals surface area (Å²) in [6.07, 6.45) is 1.81. The maximum absolute atomic E-state index is 11.9. The number of likely N-dealkylation sites (N-methyl/N-ethyl adjacent to an activating group) is 1. The van der Waals surface area contributed by atoms with E-state index in [0.717, 1.165) is 37.6 Å². The van der Waals surface area contributed by atoms with Crippen LogP contribution in [0.1, 0.15) is 5.56 Å². The Morgan fingerprint density at radius 3 is 2.87 bits per heavy atom. The van der Waals surface area contributed by atoms with Crippen molar-refractivity contribution >= 4 is 11.7 Å². The van der Waals surface area contributed by atoms with E-state index in [9.17, 15) is 4.79 Å². The Hall–Kier alpha value is -1.70. The molecule has 0 aliphatic carbocycles. The number of hydrogen-bond donors (Lipinski definition) is 2. The Labute approximate surface area is 138 Å². The largest absolute Gasteiger partial charge is 0.383 e. The molecule has 1 aliphatic rings. The molecular formula is C16H27N5O2. The van der Waals surface area contributed by atoms with Gasteiger partial charge in [-0.3, -0.25) is 4.79 Å². The third kappa shape index (κ3) is 5.78. The molecule has 0 bridgehead atoms. The molecule has 7 nitrogen and oxygen atoms in total. The van der Waals surface area contributed by atoms with Gasteiger partial charge in [-0.2, -0.15) is 0 Å². The molecule has 1 aromatic rings. The third-order valence-electron chi connectivity index (χ3n) is 3.91. The maximum atomic E-state index is 11.9. The lowest BCUT2D eigenvalue weighted by molar-refractivity contribution is -0.120. The Bertz CT molecular complexity index is 489. The van der Waals surface area contributed by atoms with E-state index in [1.165, 1.54) is 0 Å². The van der Waals surface area contributed by atoms with E-state index in [-0.39, 0.29) is 5.91 Å². The highest BCUT2D eigenvalue weighted by Gasteiger charge is 2.18. The molecule has 2 rings (SSSR count). The van der Waals surface area contributed by atoms with Crippen LogP contribution in [0, 0.1) is 0 Å². The van der Waals surface area contributed by atoms with Gasteiger partial charge in [0.05, 0.1) is 13.2 Å². The highest BCUT2D eigenvalue weighted by Crippen LogP contribution is 2.18. The highest BCUT2D eigenvalue weighted by molar-refractivity contribution is 5.78. The molecule has 1 aliphatic heterocycles. The lowest BCUT2D eigenvalue weighted by Gasteiger charge is -2.34. The van der Waals surface area contributed by atoms with Crippen molar-refractivity contribution in [3.63, 3.8) is 0 Å². The minimum Gasteiger partial charge on any atom is -0.383 e. The number of nitrogens with zero attached hydrogens (tertiary/aromatic N) is 3. The van der Waals surface area contributed by atoms with Crippen molar-refractivity contribution in [1.29, 1.82) is 0 Å². The summed E-state index contributed by atoms with van der Waals surface area (Å²) in [5.41, 5.74) is 1.06. The van der Waals surface area contributed by atoms with Crippen LogP contribution in [0.25, 0.3) is 0 Å². The van der Waals surface area contributed by atoms with Crippen LogP contribution >= 0.6 is 0 Å². The van der Waals surface area contributed by atoms with Crippen LogP contribution in [-0.2, 0) is 16.1 Å². The predicted octanol–water partition coefficient (Wildman–Crippen LogP) is -0.314. The van der Waals surface area contributed by atoms with Crippen LogP contribution in [0.3, 0.4) is 0 Å². The summed E-state index contributed by atoms with van der Waals surface area (Å²) in [5, 5.41) is 5.98. The van der Waals surface area contributed by atoms with E-state index >= 15 is 0 Å². The normalized spacial score (nSPS) is 15.7. The molecule has 1 amide bonds. The van der Waals surface area contributed by atoms with Crippen molar-refractivity contribution < 1.29 is 9.53 Å². The summed E-state index contributed by atoms with van der Waals surface area (Å²) in [6, 6.07) is 3.94. The van der Waals surface area contributed by atoms with E-state index in [2.05, 4.69) is 32.5 Å². The number of rotatable bonds is 8. The Morgan fingerprint density at radius 1 is 1.35 bits per heavy atom. The number of carbonyl (C=O) groups excluding carboxylic acids is 1. The number of carbonyl (C=O) groups is 1. The van der Waals surface area contributed by atoms with Gasteiger partial charge in [0.25, 0.3) is 0 Å². The second-order valence-electron chi connectivity index (χ2n) is 5.72. The number of hydrogen-bond acceptors (Lipinski definition) is 6. The topological polar surface area (TPSA) is 69.7 Å². The van der Waals surface area contributed by atoms with Crippen molar-refractivity contribution in [3.8, 4) is 0 Å². The van der Waals surface area contributed by atoms with Crippen LogP contribution in [0.2, 0.25) is 0 Å². The Morgan fingerprint density at radius 2 is 2.13 bits per heavy atom. The molecule has 0 unspecified atom stereocenters. The summed E-state index contributed by atoms with van der Waals surface area (Å²) >= 11 is 0. The molecular weight excluding hydrogens is 294 g/mol. The number of aromatic nitrogens is 1. The van der Waals surface area contributed by atoms with Gasteiger partial charge in [-0.15, -0.1) is 0 Å². The quantitative estimate of drug-likeness (QED) is 0.640. The second-order valence-corrected chi connectivity index (χ2v) is 5.72. The van der Waals surface area contributed by atoms with Crippen LogP contribution < -0.4 is 15.5 Å². The Kier molecular flexibility index (Phi) is 7.25. The third-order valence-corrected chi connectivity index (χ3v) is 3.91. The standard InChI is InChI=1S/C16H27N5O2/c1-20-7-9-21(10-8-20)16-14(4-3-5-18-16)12-19-15(22)13-17-6-11-23-2/h3-5,17H,6-13H2,1-2H3,(H,19,22). The minimum absolute atomic E-state index is 0.0192. The van der Waals surface area contributed by atoms with Crippen molar-refractivity contribution in [2.45, 2.75) is 6.54 Å². The fraction of sp³-hybridized carbons (Fsp3) is 0.625. The van der Waals surface area contributed by atoms with Crippen LogP contribution in [-0.4, -0.2) is 75.8 Å². The molecule has 0 saturated carbocycles. The van der Waals surface area contributed by atoms with Crippen LogP contribution in [0.15, 0.2) is 18.3 Å². The van der Waals surface area contributed by atoms with Crippen molar-refractivity contribution in [3.05, 3.63) is 23.9 Å². The summed E-state index contributed by atoms with van der Waals surface area (Å²) in [5.74, 6) is 0.961. The molecule has 128 valence electrons. The lowest BCUT2D eigenvalue weighted by atomic mass is 10.2. The van der Waals surface area contributed by atoms with Gasteiger partial charge < -0.3 is 25.2 Å². The van der Waals surface area contributed by atoms with Gasteiger partial charge in [-0.25, -0.2) is 4.98 Å². The molecule has 2 N–H and O–H groups in total. The summed E-state index contributed by atoms with van der Waals surface area (Å²) in [4.78, 5) is 21.0. The molecule has 1 saturated heterocycles. The van der Waals surface area contributed by atoms with E-state index in [4.69, 9.17) is 4.74 Å². The fourth-order valence-electron chi connectivity index (χ4n) is 2.50. The summed E-state index contributed by atoms with van der Waals surface area (Å²) in [7, 11) is 3.78. The fourth-order valence-corrected chi connectivity index (χ4v) is 2.50. The molecule has 0 aromatic carbocycles.